The highest BCUT2D eigenvalue weighted by Gasteiger charge is 2.17. The van der Waals surface area contributed by atoms with Gasteiger partial charge in [-0.05, 0) is 92.4 Å². The van der Waals surface area contributed by atoms with Gasteiger partial charge < -0.3 is 0 Å². The molecule has 0 aliphatic carbocycles. The molecule has 0 heterocycles. The maximum atomic E-state index is 12.7. The molecule has 0 saturated carbocycles. The molecule has 0 bridgehead atoms. The van der Waals surface area contributed by atoms with Crippen molar-refractivity contribution in [3.63, 3.8) is 0 Å². The Bertz CT molecular complexity index is 1070. The smallest absolute Gasteiger partial charge is 0.262 e. The third-order valence-corrected chi connectivity index (χ3v) is 6.97. The largest absolute Gasteiger partial charge is 0.280 e. The Morgan fingerprint density at radius 1 is 0.704 bits per heavy atom. The van der Waals surface area contributed by atoms with Crippen LogP contribution in [-0.4, -0.2) is 8.42 Å². The summed E-state index contributed by atoms with van der Waals surface area (Å²) in [5, 5.41) is 0. The Hall–Kier alpha value is -2.24. The molecule has 3 rings (SSSR count). The van der Waals surface area contributed by atoms with Crippen molar-refractivity contribution < 1.29 is 8.42 Å². The van der Waals surface area contributed by atoms with Gasteiger partial charge >= 0.3 is 0 Å². The van der Waals surface area contributed by atoms with E-state index in [-0.39, 0.29) is 0 Å². The van der Waals surface area contributed by atoms with Crippen molar-refractivity contribution in [2.24, 2.45) is 0 Å². The van der Waals surface area contributed by atoms with Crippen LogP contribution in [0.4, 0.5) is 5.69 Å². The molecule has 0 aliphatic rings. The molecule has 0 aliphatic heterocycles. The van der Waals surface area contributed by atoms with E-state index in [2.05, 4.69) is 36.8 Å². The lowest BCUT2D eigenvalue weighted by molar-refractivity contribution is 0.600. The van der Waals surface area contributed by atoms with Gasteiger partial charge in [-0.3, -0.25) is 4.72 Å². The van der Waals surface area contributed by atoms with Gasteiger partial charge in [0, 0.05) is 15.5 Å². The lowest BCUT2D eigenvalue weighted by Gasteiger charge is -2.12. The van der Waals surface area contributed by atoms with Crippen LogP contribution in [-0.2, 0) is 10.0 Å². The van der Waals surface area contributed by atoms with Gasteiger partial charge in [0.15, 0.2) is 0 Å². The summed E-state index contributed by atoms with van der Waals surface area (Å²) in [4.78, 5) is 2.55. The van der Waals surface area contributed by atoms with Crippen molar-refractivity contribution in [1.82, 2.24) is 0 Å². The average Bonchev–Trinajstić information content (AvgIpc) is 2.61. The molecule has 3 aromatic rings. The van der Waals surface area contributed by atoms with Gasteiger partial charge in [-0.15, -0.1) is 0 Å². The van der Waals surface area contributed by atoms with Crippen LogP contribution in [0.1, 0.15) is 22.3 Å². The summed E-state index contributed by atoms with van der Waals surface area (Å²) in [5.74, 6) is 0. The third-order valence-electron chi connectivity index (χ3n) is 4.45. The lowest BCUT2D eigenvalue weighted by atomic mass is 10.1. The van der Waals surface area contributed by atoms with E-state index in [1.165, 1.54) is 16.0 Å². The highest BCUT2D eigenvalue weighted by atomic mass is 32.2. The average molecular weight is 398 g/mol. The highest BCUT2D eigenvalue weighted by molar-refractivity contribution is 7.99. The predicted octanol–water partition coefficient (Wildman–Crippen LogP) is 5.87. The summed E-state index contributed by atoms with van der Waals surface area (Å²) >= 11 is 1.66. The first-order valence-corrected chi connectivity index (χ1v) is 11.0. The number of benzene rings is 3. The van der Waals surface area contributed by atoms with Crippen LogP contribution in [0.5, 0.6) is 0 Å². The maximum absolute atomic E-state index is 12.7. The van der Waals surface area contributed by atoms with Gasteiger partial charge in [0.25, 0.3) is 10.0 Å². The van der Waals surface area contributed by atoms with Crippen LogP contribution in [0.3, 0.4) is 0 Å². The second-order valence-corrected chi connectivity index (χ2v) is 9.54. The Morgan fingerprint density at radius 2 is 1.33 bits per heavy atom. The van der Waals surface area contributed by atoms with E-state index in [9.17, 15) is 8.42 Å². The second-order valence-electron chi connectivity index (χ2n) is 6.75. The molecule has 0 aromatic heterocycles. The monoisotopic (exact) mass is 397 g/mol. The summed E-state index contributed by atoms with van der Waals surface area (Å²) in [6.45, 7) is 7.89. The molecule has 3 nitrogen and oxygen atoms in total. The Kier molecular flexibility index (Phi) is 5.63. The number of aryl methyl sites for hydroxylation is 4. The van der Waals surface area contributed by atoms with Crippen LogP contribution in [0, 0.1) is 27.7 Å². The van der Waals surface area contributed by atoms with Gasteiger partial charge in [-0.2, -0.15) is 0 Å². The van der Waals surface area contributed by atoms with E-state index < -0.39 is 10.0 Å². The van der Waals surface area contributed by atoms with Crippen LogP contribution in [0.15, 0.2) is 75.4 Å². The van der Waals surface area contributed by atoms with E-state index in [1.807, 2.05) is 31.2 Å². The van der Waals surface area contributed by atoms with Gasteiger partial charge in [0.1, 0.15) is 0 Å². The zero-order valence-corrected chi connectivity index (χ0v) is 17.5. The number of nitrogens with one attached hydrogen (secondary N) is 1. The summed E-state index contributed by atoms with van der Waals surface area (Å²) in [6.07, 6.45) is 0. The first kappa shape index (κ1) is 19.5. The molecule has 0 fully saturated rings. The molecule has 0 saturated heterocycles. The summed E-state index contributed by atoms with van der Waals surface area (Å²) in [6, 6.07) is 19.3. The first-order valence-electron chi connectivity index (χ1n) is 8.70. The van der Waals surface area contributed by atoms with Crippen LogP contribution >= 0.6 is 11.8 Å². The maximum Gasteiger partial charge on any atom is 0.262 e. The van der Waals surface area contributed by atoms with Crippen molar-refractivity contribution in [3.8, 4) is 0 Å². The van der Waals surface area contributed by atoms with E-state index in [0.717, 1.165) is 16.0 Å². The van der Waals surface area contributed by atoms with Gasteiger partial charge in [0.05, 0.1) is 4.90 Å². The van der Waals surface area contributed by atoms with Crippen LogP contribution < -0.4 is 4.72 Å². The minimum atomic E-state index is -3.61. The van der Waals surface area contributed by atoms with E-state index in [0.29, 0.717) is 10.6 Å². The predicted molar refractivity (Wildman–Crippen MR) is 113 cm³/mol. The standard InChI is InChI=1S/C22H23NO2S2/c1-15-5-6-17(3)22(13-15)27(24,25)23-19-8-11-20(12-9-19)26-21-10-7-16(2)18(4)14-21/h5-14,23H,1-4H3. The Balaban J connectivity index is 1.77. The van der Waals surface area contributed by atoms with E-state index >= 15 is 0 Å². The molecule has 0 spiro atoms. The van der Waals surface area contributed by atoms with Gasteiger partial charge in [-0.1, -0.05) is 30.0 Å². The van der Waals surface area contributed by atoms with Gasteiger partial charge in [0.2, 0.25) is 0 Å². The fourth-order valence-electron chi connectivity index (χ4n) is 2.71. The van der Waals surface area contributed by atoms with Crippen molar-refractivity contribution in [2.75, 3.05) is 4.72 Å². The number of hydrogen-bond acceptors (Lipinski definition) is 3. The Morgan fingerprint density at radius 3 is 2.00 bits per heavy atom. The number of rotatable bonds is 5. The topological polar surface area (TPSA) is 46.2 Å². The second kappa shape index (κ2) is 7.79. The van der Waals surface area contributed by atoms with Crippen molar-refractivity contribution >= 4 is 27.5 Å². The van der Waals surface area contributed by atoms with Crippen LogP contribution in [0.2, 0.25) is 0 Å². The third kappa shape index (κ3) is 4.73. The molecule has 0 amide bonds. The quantitative estimate of drug-likeness (QED) is 0.585. The molecular formula is C22H23NO2S2. The van der Waals surface area contributed by atoms with Crippen molar-refractivity contribution in [2.45, 2.75) is 42.4 Å². The molecule has 0 atom stereocenters. The number of sulfonamides is 1. The zero-order valence-electron chi connectivity index (χ0n) is 15.9. The van der Waals surface area contributed by atoms with E-state index in [1.54, 1.807) is 36.9 Å². The molecule has 0 radical (unpaired) electrons. The molecule has 3 aromatic carbocycles. The molecule has 1 N–H and O–H groups in total. The van der Waals surface area contributed by atoms with Crippen molar-refractivity contribution in [1.29, 1.82) is 0 Å². The molecule has 140 valence electrons. The summed E-state index contributed by atoms with van der Waals surface area (Å²) in [7, 11) is -3.61. The first-order chi connectivity index (χ1) is 12.7. The normalized spacial score (nSPS) is 11.4. The fraction of sp³-hybridized carbons (Fsp3) is 0.182. The molecular weight excluding hydrogens is 374 g/mol. The SMILES string of the molecule is Cc1ccc(C)c(S(=O)(=O)Nc2ccc(Sc3ccc(C)c(C)c3)cc2)c1. The molecule has 27 heavy (non-hydrogen) atoms. The summed E-state index contributed by atoms with van der Waals surface area (Å²) in [5.41, 5.74) is 4.74. The number of anilines is 1. The minimum absolute atomic E-state index is 0.316. The van der Waals surface area contributed by atoms with E-state index in [4.69, 9.17) is 0 Å². The molecule has 5 heteroatoms. The zero-order chi connectivity index (χ0) is 19.6. The van der Waals surface area contributed by atoms with Gasteiger partial charge in [-0.25, -0.2) is 8.42 Å². The highest BCUT2D eigenvalue weighted by Crippen LogP contribution is 2.30. The lowest BCUT2D eigenvalue weighted by Crippen LogP contribution is -2.14. The minimum Gasteiger partial charge on any atom is -0.280 e. The molecule has 0 unspecified atom stereocenters. The fourth-order valence-corrected chi connectivity index (χ4v) is 5.02. The van der Waals surface area contributed by atoms with Crippen molar-refractivity contribution in [3.05, 3.63) is 82.9 Å². The summed E-state index contributed by atoms with van der Waals surface area (Å²) < 4.78 is 28.1. The van der Waals surface area contributed by atoms with Crippen LogP contribution in [0.25, 0.3) is 0 Å². The Labute approximate surface area is 165 Å². The number of hydrogen-bond donors (Lipinski definition) is 1.